The van der Waals surface area contributed by atoms with Crippen molar-refractivity contribution in [2.75, 3.05) is 5.32 Å². The number of imidazole rings is 1. The molecule has 3 N–H and O–H groups in total. The van der Waals surface area contributed by atoms with Crippen LogP contribution in [-0.2, 0) is 13.0 Å². The SMILES string of the molecule is CCCCc1nc2ccc(NC(=O)NC3CCCCC3)cc2n1Cc1ccc(-c2ccccc2OC(=O)O)cc1. The summed E-state index contributed by atoms with van der Waals surface area (Å²) < 4.78 is 7.20. The number of carbonyl (C=O) groups is 2. The maximum Gasteiger partial charge on any atom is 0.511 e. The van der Waals surface area contributed by atoms with Crippen LogP contribution in [0, 0.1) is 0 Å². The number of carboxylic acid groups (broad SMARTS) is 1. The van der Waals surface area contributed by atoms with Crippen molar-refractivity contribution < 1.29 is 19.4 Å². The largest absolute Gasteiger partial charge is 0.511 e. The molecule has 1 aliphatic carbocycles. The molecule has 208 valence electrons. The fourth-order valence-corrected chi connectivity index (χ4v) is 5.41. The molecule has 5 rings (SSSR count). The second-order valence-corrected chi connectivity index (χ2v) is 10.4. The average molecular weight is 541 g/mol. The average Bonchev–Trinajstić information content (AvgIpc) is 3.29. The molecule has 1 aliphatic rings. The van der Waals surface area contributed by atoms with E-state index < -0.39 is 6.16 Å². The Labute approximate surface area is 234 Å². The van der Waals surface area contributed by atoms with Crippen LogP contribution in [0.2, 0.25) is 0 Å². The molecule has 8 nitrogen and oxygen atoms in total. The first kappa shape index (κ1) is 27.2. The summed E-state index contributed by atoms with van der Waals surface area (Å²) in [7, 11) is 0. The number of anilines is 1. The molecule has 3 aromatic carbocycles. The molecule has 0 atom stereocenters. The number of aromatic nitrogens is 2. The van der Waals surface area contributed by atoms with E-state index in [0.29, 0.717) is 12.3 Å². The second kappa shape index (κ2) is 12.7. The van der Waals surface area contributed by atoms with E-state index >= 15 is 0 Å². The fourth-order valence-electron chi connectivity index (χ4n) is 5.41. The lowest BCUT2D eigenvalue weighted by atomic mass is 9.96. The van der Waals surface area contributed by atoms with Crippen molar-refractivity contribution in [3.05, 3.63) is 78.1 Å². The topological polar surface area (TPSA) is 105 Å². The number of hydrogen-bond donors (Lipinski definition) is 3. The summed E-state index contributed by atoms with van der Waals surface area (Å²) in [6.45, 7) is 2.80. The van der Waals surface area contributed by atoms with E-state index in [0.717, 1.165) is 71.3 Å². The van der Waals surface area contributed by atoms with Crippen molar-refractivity contribution in [1.29, 1.82) is 0 Å². The van der Waals surface area contributed by atoms with Crippen LogP contribution in [0.15, 0.2) is 66.7 Å². The third-order valence-corrected chi connectivity index (χ3v) is 7.47. The molecule has 8 heteroatoms. The number of ether oxygens (including phenoxy) is 1. The number of unbranched alkanes of at least 4 members (excludes halogenated alkanes) is 1. The monoisotopic (exact) mass is 540 g/mol. The predicted octanol–water partition coefficient (Wildman–Crippen LogP) is 7.61. The lowest BCUT2D eigenvalue weighted by Gasteiger charge is -2.22. The highest BCUT2D eigenvalue weighted by atomic mass is 16.7. The van der Waals surface area contributed by atoms with E-state index in [9.17, 15) is 9.59 Å². The molecule has 2 amide bonds. The first-order chi connectivity index (χ1) is 19.5. The molecular formula is C32H36N4O4. The summed E-state index contributed by atoms with van der Waals surface area (Å²) >= 11 is 0. The Hall–Kier alpha value is -4.33. The van der Waals surface area contributed by atoms with Gasteiger partial charge in [-0.2, -0.15) is 0 Å². The molecule has 40 heavy (non-hydrogen) atoms. The fraction of sp³-hybridized carbons (Fsp3) is 0.344. The van der Waals surface area contributed by atoms with Gasteiger partial charge in [0.15, 0.2) is 0 Å². The van der Waals surface area contributed by atoms with Gasteiger partial charge >= 0.3 is 12.2 Å². The van der Waals surface area contributed by atoms with E-state index in [2.05, 4.69) is 22.1 Å². The van der Waals surface area contributed by atoms with Crippen molar-refractivity contribution in [2.24, 2.45) is 0 Å². The van der Waals surface area contributed by atoms with Gasteiger partial charge in [-0.25, -0.2) is 14.6 Å². The van der Waals surface area contributed by atoms with Crippen molar-refractivity contribution in [2.45, 2.75) is 70.9 Å². The first-order valence-electron chi connectivity index (χ1n) is 14.2. The Kier molecular flexibility index (Phi) is 8.64. The number of para-hydroxylation sites is 1. The van der Waals surface area contributed by atoms with E-state index in [1.165, 1.54) is 19.3 Å². The minimum Gasteiger partial charge on any atom is -0.449 e. The minimum atomic E-state index is -1.34. The van der Waals surface area contributed by atoms with Gasteiger partial charge in [0, 0.05) is 30.3 Å². The Morgan fingerprint density at radius 3 is 2.55 bits per heavy atom. The predicted molar refractivity (Wildman–Crippen MR) is 157 cm³/mol. The molecule has 1 aromatic heterocycles. The van der Waals surface area contributed by atoms with Gasteiger partial charge in [-0.1, -0.05) is 75.1 Å². The van der Waals surface area contributed by atoms with Gasteiger partial charge in [-0.15, -0.1) is 0 Å². The highest BCUT2D eigenvalue weighted by Crippen LogP contribution is 2.31. The highest BCUT2D eigenvalue weighted by Gasteiger charge is 2.17. The van der Waals surface area contributed by atoms with E-state index in [1.54, 1.807) is 12.1 Å². The molecule has 0 unspecified atom stereocenters. The lowest BCUT2D eigenvalue weighted by molar-refractivity contribution is 0.144. The van der Waals surface area contributed by atoms with E-state index in [4.69, 9.17) is 14.8 Å². The molecule has 0 saturated heterocycles. The van der Waals surface area contributed by atoms with E-state index in [1.807, 2.05) is 54.6 Å². The number of aryl methyl sites for hydroxylation is 1. The van der Waals surface area contributed by atoms with E-state index in [-0.39, 0.29) is 12.1 Å². The molecule has 0 spiro atoms. The molecule has 1 saturated carbocycles. The minimum absolute atomic E-state index is 0.161. The maximum absolute atomic E-state index is 12.7. The van der Waals surface area contributed by atoms with Gasteiger partial charge in [-0.05, 0) is 54.7 Å². The first-order valence-corrected chi connectivity index (χ1v) is 14.2. The van der Waals surface area contributed by atoms with Gasteiger partial charge in [0.05, 0.1) is 11.0 Å². The highest BCUT2D eigenvalue weighted by molar-refractivity contribution is 5.92. The van der Waals surface area contributed by atoms with Crippen LogP contribution in [-0.4, -0.2) is 32.9 Å². The van der Waals surface area contributed by atoms with Crippen LogP contribution in [0.5, 0.6) is 5.75 Å². The van der Waals surface area contributed by atoms with Crippen LogP contribution < -0.4 is 15.4 Å². The van der Waals surface area contributed by atoms with Crippen LogP contribution in [0.4, 0.5) is 15.3 Å². The van der Waals surface area contributed by atoms with Crippen molar-refractivity contribution >= 4 is 28.9 Å². The number of benzene rings is 3. The summed E-state index contributed by atoms with van der Waals surface area (Å²) in [4.78, 5) is 28.7. The Balaban J connectivity index is 1.38. The summed E-state index contributed by atoms with van der Waals surface area (Å²) in [5.74, 6) is 1.32. The molecule has 4 aromatic rings. The Morgan fingerprint density at radius 2 is 1.80 bits per heavy atom. The zero-order chi connectivity index (χ0) is 27.9. The Morgan fingerprint density at radius 1 is 1.02 bits per heavy atom. The molecule has 1 fully saturated rings. The van der Waals surface area contributed by atoms with Gasteiger partial charge in [0.1, 0.15) is 11.6 Å². The van der Waals surface area contributed by atoms with Gasteiger partial charge < -0.3 is 25.0 Å². The summed E-state index contributed by atoms with van der Waals surface area (Å²) in [5.41, 5.74) is 5.31. The van der Waals surface area contributed by atoms with Crippen molar-refractivity contribution in [1.82, 2.24) is 14.9 Å². The van der Waals surface area contributed by atoms with Crippen LogP contribution in [0.1, 0.15) is 63.3 Å². The van der Waals surface area contributed by atoms with Crippen LogP contribution in [0.3, 0.4) is 0 Å². The quantitative estimate of drug-likeness (QED) is 0.150. The van der Waals surface area contributed by atoms with Gasteiger partial charge in [0.2, 0.25) is 0 Å². The number of nitrogens with zero attached hydrogens (tertiary/aromatic N) is 2. The molecule has 0 radical (unpaired) electrons. The number of carbonyl (C=O) groups excluding carboxylic acids is 1. The standard InChI is InChI=1S/C32H36N4O4/c1-2-3-13-30-35-27-19-18-25(34-31(37)33-24-9-5-4-6-10-24)20-28(27)36(30)21-22-14-16-23(17-15-22)26-11-7-8-12-29(26)40-32(38)39/h7-8,11-12,14-20,24H,2-6,9-10,13,21H2,1H3,(H,38,39)(H2,33,34,37). The van der Waals surface area contributed by atoms with Gasteiger partial charge in [-0.3, -0.25) is 0 Å². The normalized spacial score (nSPS) is 13.7. The number of hydrogen-bond acceptors (Lipinski definition) is 4. The smallest absolute Gasteiger partial charge is 0.449 e. The molecular weight excluding hydrogens is 504 g/mol. The summed E-state index contributed by atoms with van der Waals surface area (Å²) in [5, 5.41) is 15.2. The molecule has 1 heterocycles. The number of urea groups is 1. The summed E-state index contributed by atoms with van der Waals surface area (Å²) in [6.07, 6.45) is 7.30. The molecule has 0 bridgehead atoms. The zero-order valence-electron chi connectivity index (χ0n) is 22.9. The van der Waals surface area contributed by atoms with Crippen molar-refractivity contribution in [3.63, 3.8) is 0 Å². The third kappa shape index (κ3) is 6.62. The zero-order valence-corrected chi connectivity index (χ0v) is 22.9. The lowest BCUT2D eigenvalue weighted by Crippen LogP contribution is -2.39. The number of amides is 2. The second-order valence-electron chi connectivity index (χ2n) is 10.4. The maximum atomic E-state index is 12.7. The van der Waals surface area contributed by atoms with Crippen LogP contribution >= 0.6 is 0 Å². The van der Waals surface area contributed by atoms with Crippen molar-refractivity contribution in [3.8, 4) is 16.9 Å². The number of rotatable bonds is 9. The Bertz CT molecular complexity index is 1470. The number of nitrogens with one attached hydrogen (secondary N) is 2. The summed E-state index contributed by atoms with van der Waals surface area (Å²) in [6, 6.07) is 21.1. The van der Waals surface area contributed by atoms with Crippen LogP contribution in [0.25, 0.3) is 22.2 Å². The number of fused-ring (bicyclic) bond motifs is 1. The molecule has 0 aliphatic heterocycles. The third-order valence-electron chi connectivity index (χ3n) is 7.47. The van der Waals surface area contributed by atoms with Gasteiger partial charge in [0.25, 0.3) is 0 Å².